The lowest BCUT2D eigenvalue weighted by Crippen LogP contribution is -1.97. The van der Waals surface area contributed by atoms with Gasteiger partial charge in [0.15, 0.2) is 5.69 Å². The minimum atomic E-state index is -2.52. The van der Waals surface area contributed by atoms with Crippen molar-refractivity contribution < 1.29 is 13.7 Å². The van der Waals surface area contributed by atoms with Crippen LogP contribution in [0.5, 0.6) is 0 Å². The van der Waals surface area contributed by atoms with Gasteiger partial charge in [0.25, 0.3) is 5.76 Å². The first-order valence-corrected chi connectivity index (χ1v) is 6.45. The molecule has 1 aromatic carbocycles. The third-order valence-corrected chi connectivity index (χ3v) is 3.19. The fraction of sp³-hybridized carbons (Fsp3) is 0.0909. The van der Waals surface area contributed by atoms with Crippen LogP contribution in [0, 0.1) is 10.1 Å². The van der Waals surface area contributed by atoms with Gasteiger partial charge in [-0.1, -0.05) is 23.9 Å². The Morgan fingerprint density at radius 1 is 1.30 bits per heavy atom. The Hall–Kier alpha value is -1.80. The highest BCUT2D eigenvalue weighted by Crippen LogP contribution is 2.31. The fourth-order valence-electron chi connectivity index (χ4n) is 1.49. The summed E-state index contributed by atoms with van der Waals surface area (Å²) in [5.74, 6) is -2.52. The van der Waals surface area contributed by atoms with Crippen molar-refractivity contribution in [3.8, 4) is 11.3 Å². The molecule has 2 rings (SSSR count). The molecule has 0 unspecified atom stereocenters. The van der Waals surface area contributed by atoms with Gasteiger partial charge in [-0.3, -0.25) is 10.1 Å². The van der Waals surface area contributed by atoms with Crippen molar-refractivity contribution in [2.24, 2.45) is 0 Å². The molecule has 5 nitrogen and oxygen atoms in total. The van der Waals surface area contributed by atoms with E-state index in [-0.39, 0.29) is 16.7 Å². The van der Waals surface area contributed by atoms with Gasteiger partial charge >= 0.3 is 5.69 Å². The molecule has 0 spiro atoms. The number of halogens is 3. The lowest BCUT2D eigenvalue weighted by molar-refractivity contribution is -0.384. The minimum Gasteiger partial charge on any atom is -0.258 e. The van der Waals surface area contributed by atoms with Gasteiger partial charge in [-0.2, -0.15) is 8.78 Å². The van der Waals surface area contributed by atoms with E-state index >= 15 is 0 Å². The maximum atomic E-state index is 12.2. The van der Waals surface area contributed by atoms with Crippen LogP contribution in [0.1, 0.15) is 0 Å². The number of hydrogen-bond donors (Lipinski definition) is 0. The first kappa shape index (κ1) is 14.6. The van der Waals surface area contributed by atoms with Crippen LogP contribution in [-0.4, -0.2) is 20.6 Å². The number of benzene rings is 1. The summed E-state index contributed by atoms with van der Waals surface area (Å²) in [5, 5.41) is 10.8. The van der Waals surface area contributed by atoms with E-state index in [0.29, 0.717) is 22.2 Å². The molecule has 0 aliphatic heterocycles. The third kappa shape index (κ3) is 3.40. The Morgan fingerprint density at radius 3 is 2.50 bits per heavy atom. The summed E-state index contributed by atoms with van der Waals surface area (Å²) in [4.78, 5) is 18.0. The van der Waals surface area contributed by atoms with E-state index in [1.165, 1.54) is 24.3 Å². The van der Waals surface area contributed by atoms with Crippen LogP contribution in [0.25, 0.3) is 11.3 Å². The topological polar surface area (TPSA) is 68.9 Å². The van der Waals surface area contributed by atoms with E-state index in [1.807, 2.05) is 0 Å². The van der Waals surface area contributed by atoms with E-state index in [2.05, 4.69) is 9.97 Å². The Balaban J connectivity index is 2.41. The predicted molar refractivity (Wildman–Crippen MR) is 71.0 cm³/mol. The molecule has 0 atom stereocenters. The van der Waals surface area contributed by atoms with Crippen molar-refractivity contribution in [2.75, 3.05) is 0 Å². The van der Waals surface area contributed by atoms with Crippen molar-refractivity contribution in [1.29, 1.82) is 0 Å². The zero-order valence-corrected chi connectivity index (χ0v) is 11.2. The van der Waals surface area contributed by atoms with E-state index in [0.717, 1.165) is 6.20 Å². The summed E-state index contributed by atoms with van der Waals surface area (Å²) in [6, 6.07) is 5.81. The molecular formula is C11H6ClF2N3O2S. The zero-order valence-electron chi connectivity index (χ0n) is 9.66. The molecule has 0 fully saturated rings. The first-order valence-electron chi connectivity index (χ1n) is 5.19. The standard InChI is InChI=1S/C11H6ClF2N3O2S/c12-10-15-5-8(17(18)19)9(16-10)6-1-3-7(4-2-6)20-11(13)14/h1-5,11H. The van der Waals surface area contributed by atoms with Crippen molar-refractivity contribution in [2.45, 2.75) is 10.7 Å². The van der Waals surface area contributed by atoms with E-state index in [4.69, 9.17) is 11.6 Å². The first-order chi connectivity index (χ1) is 9.47. The number of nitrogens with zero attached hydrogens (tertiary/aromatic N) is 3. The molecule has 0 N–H and O–H groups in total. The Labute approximate surface area is 121 Å². The van der Waals surface area contributed by atoms with Crippen molar-refractivity contribution in [3.05, 3.63) is 45.9 Å². The van der Waals surface area contributed by atoms with Crippen LogP contribution in [0.3, 0.4) is 0 Å². The lowest BCUT2D eigenvalue weighted by Gasteiger charge is -2.04. The molecule has 1 heterocycles. The maximum Gasteiger partial charge on any atom is 0.313 e. The molecule has 0 amide bonds. The van der Waals surface area contributed by atoms with Crippen LogP contribution in [0.4, 0.5) is 14.5 Å². The summed E-state index contributed by atoms with van der Waals surface area (Å²) in [6.45, 7) is 0. The predicted octanol–water partition coefficient (Wildman–Crippen LogP) is 4.02. The molecule has 0 radical (unpaired) electrons. The second-order valence-electron chi connectivity index (χ2n) is 3.53. The largest absolute Gasteiger partial charge is 0.313 e. The van der Waals surface area contributed by atoms with E-state index in [1.54, 1.807) is 0 Å². The highest BCUT2D eigenvalue weighted by Gasteiger charge is 2.18. The molecule has 1 aromatic heterocycles. The number of rotatable bonds is 4. The molecule has 20 heavy (non-hydrogen) atoms. The van der Waals surface area contributed by atoms with Crippen molar-refractivity contribution in [3.63, 3.8) is 0 Å². The SMILES string of the molecule is O=[N+]([O-])c1cnc(Cl)nc1-c1ccc(SC(F)F)cc1. The molecule has 104 valence electrons. The number of hydrogen-bond acceptors (Lipinski definition) is 5. The van der Waals surface area contributed by atoms with Crippen LogP contribution in [0.15, 0.2) is 35.4 Å². The number of thioether (sulfide) groups is 1. The summed E-state index contributed by atoms with van der Waals surface area (Å²) >= 11 is 6.01. The van der Waals surface area contributed by atoms with E-state index in [9.17, 15) is 18.9 Å². The highest BCUT2D eigenvalue weighted by atomic mass is 35.5. The Morgan fingerprint density at radius 2 is 1.95 bits per heavy atom. The van der Waals surface area contributed by atoms with Gasteiger partial charge in [0.2, 0.25) is 5.28 Å². The molecule has 9 heteroatoms. The summed E-state index contributed by atoms with van der Waals surface area (Å²) in [5.41, 5.74) is 0.145. The zero-order chi connectivity index (χ0) is 14.7. The second-order valence-corrected chi connectivity index (χ2v) is 4.93. The minimum absolute atomic E-state index is 0.0450. The normalized spacial score (nSPS) is 10.8. The average molecular weight is 318 g/mol. The molecule has 0 aliphatic carbocycles. The van der Waals surface area contributed by atoms with Gasteiger partial charge in [0.1, 0.15) is 6.20 Å². The molecule has 0 aliphatic rings. The number of aromatic nitrogens is 2. The van der Waals surface area contributed by atoms with Crippen LogP contribution >= 0.6 is 23.4 Å². The van der Waals surface area contributed by atoms with Gasteiger partial charge in [0, 0.05) is 10.5 Å². The third-order valence-electron chi connectivity index (χ3n) is 2.29. The Bertz CT molecular complexity index is 640. The molecule has 0 saturated carbocycles. The Kier molecular flexibility index (Phi) is 4.46. The van der Waals surface area contributed by atoms with Crippen LogP contribution in [0.2, 0.25) is 5.28 Å². The molecular weight excluding hydrogens is 312 g/mol. The summed E-state index contributed by atoms with van der Waals surface area (Å²) in [6.07, 6.45) is 1.01. The van der Waals surface area contributed by atoms with Gasteiger partial charge in [-0.25, -0.2) is 9.97 Å². The van der Waals surface area contributed by atoms with Crippen LogP contribution < -0.4 is 0 Å². The van der Waals surface area contributed by atoms with Crippen molar-refractivity contribution >= 4 is 29.1 Å². The summed E-state index contributed by atoms with van der Waals surface area (Å²) < 4.78 is 24.4. The van der Waals surface area contributed by atoms with Gasteiger partial charge in [-0.15, -0.1) is 0 Å². The van der Waals surface area contributed by atoms with Crippen molar-refractivity contribution in [1.82, 2.24) is 9.97 Å². The maximum absolute atomic E-state index is 12.2. The molecule has 0 saturated heterocycles. The number of alkyl halides is 2. The number of nitro groups is 1. The molecule has 2 aromatic rings. The molecule has 0 bridgehead atoms. The van der Waals surface area contributed by atoms with Crippen LogP contribution in [-0.2, 0) is 0 Å². The second kappa shape index (κ2) is 6.10. The van der Waals surface area contributed by atoms with Gasteiger partial charge in [0.05, 0.1) is 4.92 Å². The van der Waals surface area contributed by atoms with Gasteiger partial charge in [-0.05, 0) is 23.7 Å². The lowest BCUT2D eigenvalue weighted by atomic mass is 10.1. The summed E-state index contributed by atoms with van der Waals surface area (Å²) in [7, 11) is 0. The average Bonchev–Trinajstić information content (AvgIpc) is 2.38. The quantitative estimate of drug-likeness (QED) is 0.369. The monoisotopic (exact) mass is 317 g/mol. The van der Waals surface area contributed by atoms with Gasteiger partial charge < -0.3 is 0 Å². The van der Waals surface area contributed by atoms with E-state index < -0.39 is 10.7 Å². The fourth-order valence-corrected chi connectivity index (χ4v) is 2.13. The highest BCUT2D eigenvalue weighted by molar-refractivity contribution is 7.99. The smallest absolute Gasteiger partial charge is 0.258 e.